The third kappa shape index (κ3) is 4.97. The lowest BCUT2D eigenvalue weighted by Crippen LogP contribution is -2.46. The second kappa shape index (κ2) is 9.26. The summed E-state index contributed by atoms with van der Waals surface area (Å²) < 4.78 is 5.27. The van der Waals surface area contributed by atoms with Gasteiger partial charge in [0.2, 0.25) is 0 Å². The minimum atomic E-state index is -0.452. The summed E-state index contributed by atoms with van der Waals surface area (Å²) in [6.07, 6.45) is 6.02. The van der Waals surface area contributed by atoms with Crippen LogP contribution in [-0.2, 0) is 11.3 Å². The van der Waals surface area contributed by atoms with Crippen LogP contribution < -0.4 is 15.1 Å². The van der Waals surface area contributed by atoms with E-state index in [4.69, 9.17) is 4.74 Å². The van der Waals surface area contributed by atoms with Crippen molar-refractivity contribution in [3.05, 3.63) is 42.6 Å². The van der Waals surface area contributed by atoms with Crippen molar-refractivity contribution in [2.75, 3.05) is 49.1 Å². The van der Waals surface area contributed by atoms with Gasteiger partial charge in [-0.25, -0.2) is 9.78 Å². The van der Waals surface area contributed by atoms with Crippen molar-refractivity contribution >= 4 is 35.5 Å². The van der Waals surface area contributed by atoms with E-state index in [9.17, 15) is 9.59 Å². The summed E-state index contributed by atoms with van der Waals surface area (Å²) in [4.78, 5) is 42.1. The van der Waals surface area contributed by atoms with E-state index >= 15 is 0 Å². The number of nitrogens with zero attached hydrogens (tertiary/aromatic N) is 6. The standard InChI is InChI=1S/C19H23N7O3S/c27-18(30)23-11-16-13-26(19(28)29-16)15-1-2-17(22-10-15)25-7-5-24(6-8-25)12-14-9-20-3-4-21-14/h1-4,9-10,16H,5-8,11-13H2,(H2,23,27,30)/t16-/m0/s1. The van der Waals surface area contributed by atoms with E-state index in [1.807, 2.05) is 12.1 Å². The summed E-state index contributed by atoms with van der Waals surface area (Å²) in [6, 6.07) is 3.79. The molecule has 0 bridgehead atoms. The lowest BCUT2D eigenvalue weighted by molar-refractivity contribution is 0.141. The zero-order valence-electron chi connectivity index (χ0n) is 16.3. The molecule has 11 heteroatoms. The number of carbonyl (C=O) groups is 2. The number of amides is 2. The van der Waals surface area contributed by atoms with Gasteiger partial charge >= 0.3 is 6.09 Å². The van der Waals surface area contributed by atoms with E-state index < -0.39 is 17.4 Å². The van der Waals surface area contributed by atoms with E-state index in [-0.39, 0.29) is 6.54 Å². The molecule has 10 nitrogen and oxygen atoms in total. The van der Waals surface area contributed by atoms with Gasteiger partial charge in [-0.15, -0.1) is 0 Å². The molecule has 0 aliphatic carbocycles. The average molecular weight is 430 g/mol. The predicted octanol–water partition coefficient (Wildman–Crippen LogP) is 1.16. The number of ether oxygens (including phenoxy) is 1. The SMILES string of the molecule is O=C(S)NC[C@H]1CN(c2ccc(N3CCN(Cc4cnccn4)CC3)nc2)C(=O)O1. The van der Waals surface area contributed by atoms with Gasteiger partial charge in [-0.2, -0.15) is 0 Å². The van der Waals surface area contributed by atoms with Crippen LogP contribution >= 0.6 is 12.6 Å². The number of anilines is 2. The molecule has 2 aliphatic heterocycles. The molecule has 2 saturated heterocycles. The molecule has 158 valence electrons. The smallest absolute Gasteiger partial charge is 0.414 e. The summed E-state index contributed by atoms with van der Waals surface area (Å²) in [5.41, 5.74) is 1.64. The summed E-state index contributed by atoms with van der Waals surface area (Å²) in [5, 5.41) is 2.09. The molecule has 1 N–H and O–H groups in total. The van der Waals surface area contributed by atoms with Gasteiger partial charge in [0.15, 0.2) is 0 Å². The number of piperazine rings is 1. The first-order chi connectivity index (χ1) is 14.6. The molecule has 2 fully saturated rings. The van der Waals surface area contributed by atoms with Crippen LogP contribution in [0.15, 0.2) is 36.9 Å². The van der Waals surface area contributed by atoms with Crippen LogP contribution in [-0.4, -0.2) is 76.6 Å². The number of hydrogen-bond donors (Lipinski definition) is 2. The van der Waals surface area contributed by atoms with Crippen molar-refractivity contribution in [2.24, 2.45) is 0 Å². The maximum absolute atomic E-state index is 12.1. The molecule has 1 atom stereocenters. The Bertz CT molecular complexity index is 875. The largest absolute Gasteiger partial charge is 0.442 e. The van der Waals surface area contributed by atoms with Crippen molar-refractivity contribution < 1.29 is 14.3 Å². The minimum absolute atomic E-state index is 0.231. The maximum atomic E-state index is 12.1. The van der Waals surface area contributed by atoms with Gasteiger partial charge in [0.25, 0.3) is 5.24 Å². The highest BCUT2D eigenvalue weighted by atomic mass is 32.1. The van der Waals surface area contributed by atoms with Gasteiger partial charge < -0.3 is 15.0 Å². The number of carbonyl (C=O) groups excluding carboxylic acids is 2. The Labute approximate surface area is 179 Å². The number of thiol groups is 1. The van der Waals surface area contributed by atoms with Crippen LogP contribution in [0.5, 0.6) is 0 Å². The number of cyclic esters (lactones) is 1. The Morgan fingerprint density at radius 3 is 2.67 bits per heavy atom. The fourth-order valence-electron chi connectivity index (χ4n) is 3.54. The van der Waals surface area contributed by atoms with E-state index in [0.29, 0.717) is 12.2 Å². The van der Waals surface area contributed by atoms with E-state index in [2.05, 4.69) is 42.7 Å². The monoisotopic (exact) mass is 429 g/mol. The zero-order valence-corrected chi connectivity index (χ0v) is 17.2. The van der Waals surface area contributed by atoms with Crippen LogP contribution in [0.4, 0.5) is 21.1 Å². The van der Waals surface area contributed by atoms with Crippen LogP contribution in [0.3, 0.4) is 0 Å². The highest BCUT2D eigenvalue weighted by molar-refractivity contribution is 7.96. The van der Waals surface area contributed by atoms with Crippen molar-refractivity contribution in [3.63, 3.8) is 0 Å². The van der Waals surface area contributed by atoms with Crippen LogP contribution in [0.25, 0.3) is 0 Å². The highest BCUT2D eigenvalue weighted by Crippen LogP contribution is 2.23. The number of hydrogen-bond acceptors (Lipinski definition) is 8. The number of aromatic nitrogens is 3. The first kappa shape index (κ1) is 20.4. The third-order valence-corrected chi connectivity index (χ3v) is 5.26. The summed E-state index contributed by atoms with van der Waals surface area (Å²) >= 11 is 3.65. The molecule has 0 aromatic carbocycles. The van der Waals surface area contributed by atoms with Crippen LogP contribution in [0, 0.1) is 0 Å². The van der Waals surface area contributed by atoms with Crippen molar-refractivity contribution in [3.8, 4) is 0 Å². The topological polar surface area (TPSA) is 104 Å². The Morgan fingerprint density at radius 1 is 1.17 bits per heavy atom. The Morgan fingerprint density at radius 2 is 2.00 bits per heavy atom. The van der Waals surface area contributed by atoms with Crippen molar-refractivity contribution in [1.29, 1.82) is 0 Å². The first-order valence-electron chi connectivity index (χ1n) is 9.71. The Balaban J connectivity index is 1.30. The zero-order chi connectivity index (χ0) is 20.9. The fourth-order valence-corrected chi connectivity index (χ4v) is 3.63. The van der Waals surface area contributed by atoms with Gasteiger partial charge in [0.05, 0.1) is 30.7 Å². The number of pyridine rings is 1. The van der Waals surface area contributed by atoms with Gasteiger partial charge in [-0.05, 0) is 12.1 Å². The van der Waals surface area contributed by atoms with Crippen LogP contribution in [0.2, 0.25) is 0 Å². The van der Waals surface area contributed by atoms with E-state index in [1.165, 1.54) is 4.90 Å². The molecule has 4 rings (SSSR count). The van der Waals surface area contributed by atoms with Gasteiger partial charge in [-0.1, -0.05) is 12.6 Å². The van der Waals surface area contributed by atoms with Crippen LogP contribution in [0.1, 0.15) is 5.69 Å². The minimum Gasteiger partial charge on any atom is -0.442 e. The lowest BCUT2D eigenvalue weighted by Gasteiger charge is -2.35. The first-order valence-corrected chi connectivity index (χ1v) is 10.2. The normalized spacial score (nSPS) is 19.6. The molecule has 0 spiro atoms. The lowest BCUT2D eigenvalue weighted by atomic mass is 10.2. The third-order valence-electron chi connectivity index (χ3n) is 5.10. The molecule has 2 aliphatic rings. The van der Waals surface area contributed by atoms with Gasteiger partial charge in [-0.3, -0.25) is 24.6 Å². The Kier molecular flexibility index (Phi) is 6.29. The van der Waals surface area contributed by atoms with E-state index in [1.54, 1.807) is 24.8 Å². The van der Waals surface area contributed by atoms with Crippen molar-refractivity contribution in [2.45, 2.75) is 12.6 Å². The quantitative estimate of drug-likeness (QED) is 0.660. The molecular formula is C19H23N7O3S. The molecule has 0 unspecified atom stereocenters. The van der Waals surface area contributed by atoms with Gasteiger partial charge in [0, 0.05) is 51.3 Å². The molecule has 0 radical (unpaired) electrons. The van der Waals surface area contributed by atoms with Crippen molar-refractivity contribution in [1.82, 2.24) is 25.2 Å². The molecule has 2 aromatic rings. The molecule has 2 amide bonds. The summed E-state index contributed by atoms with van der Waals surface area (Å²) in [5.74, 6) is 0.879. The molecule has 4 heterocycles. The molecule has 30 heavy (non-hydrogen) atoms. The Hall–Kier alpha value is -2.92. The van der Waals surface area contributed by atoms with E-state index in [0.717, 1.165) is 44.2 Å². The summed E-state index contributed by atoms with van der Waals surface area (Å²) in [7, 11) is 0. The average Bonchev–Trinajstić information content (AvgIpc) is 3.14. The number of nitrogens with one attached hydrogen (secondary N) is 1. The maximum Gasteiger partial charge on any atom is 0.414 e. The summed E-state index contributed by atoms with van der Waals surface area (Å²) in [6.45, 7) is 4.94. The fraction of sp³-hybridized carbons (Fsp3) is 0.421. The molecule has 0 saturated carbocycles. The predicted molar refractivity (Wildman–Crippen MR) is 114 cm³/mol. The molecule has 2 aromatic heterocycles. The highest BCUT2D eigenvalue weighted by Gasteiger charge is 2.32. The van der Waals surface area contributed by atoms with Gasteiger partial charge in [0.1, 0.15) is 11.9 Å². The second-order valence-corrected chi connectivity index (χ2v) is 7.54. The number of rotatable bonds is 6. The second-order valence-electron chi connectivity index (χ2n) is 7.14. The molecular weight excluding hydrogens is 406 g/mol.